The molecule has 0 aliphatic heterocycles. The van der Waals surface area contributed by atoms with Crippen molar-refractivity contribution in [2.24, 2.45) is 0 Å². The minimum absolute atomic E-state index is 0.0101. The summed E-state index contributed by atoms with van der Waals surface area (Å²) in [6, 6.07) is 4.70. The summed E-state index contributed by atoms with van der Waals surface area (Å²) in [4.78, 5) is 0.182. The zero-order valence-corrected chi connectivity index (χ0v) is 11.9. The molecule has 0 fully saturated rings. The van der Waals surface area contributed by atoms with Gasteiger partial charge in [0.1, 0.15) is 5.75 Å². The summed E-state index contributed by atoms with van der Waals surface area (Å²) in [5.41, 5.74) is 0.768. The van der Waals surface area contributed by atoms with Crippen LogP contribution in [0.1, 0.15) is 12.5 Å². The fourth-order valence-electron chi connectivity index (χ4n) is 1.36. The lowest BCUT2D eigenvalue weighted by atomic mass is 10.2. The highest BCUT2D eigenvalue weighted by atomic mass is 35.5. The van der Waals surface area contributed by atoms with E-state index in [2.05, 4.69) is 11.3 Å². The van der Waals surface area contributed by atoms with Gasteiger partial charge in [-0.3, -0.25) is 0 Å². The molecule has 0 heterocycles. The fraction of sp³-hybridized carbons (Fsp3) is 0.333. The molecule has 1 aromatic rings. The highest BCUT2D eigenvalue weighted by Gasteiger charge is 2.15. The van der Waals surface area contributed by atoms with Crippen molar-refractivity contribution in [2.45, 2.75) is 18.7 Å². The molecule has 0 saturated heterocycles. The molecule has 100 valence electrons. The molecule has 0 saturated carbocycles. The first kappa shape index (κ1) is 15.0. The van der Waals surface area contributed by atoms with E-state index in [4.69, 9.17) is 16.3 Å². The molecule has 0 bridgehead atoms. The van der Waals surface area contributed by atoms with Gasteiger partial charge >= 0.3 is 0 Å². The van der Waals surface area contributed by atoms with Gasteiger partial charge in [-0.25, -0.2) is 13.1 Å². The zero-order chi connectivity index (χ0) is 13.8. The number of hydrogen-bond acceptors (Lipinski definition) is 3. The van der Waals surface area contributed by atoms with E-state index in [1.165, 1.54) is 6.07 Å². The van der Waals surface area contributed by atoms with Crippen LogP contribution in [0.4, 0.5) is 0 Å². The van der Waals surface area contributed by atoms with Crippen LogP contribution in [0.25, 0.3) is 0 Å². The lowest BCUT2D eigenvalue weighted by Crippen LogP contribution is -2.24. The Balaban J connectivity index is 2.96. The maximum Gasteiger partial charge on any atom is 0.240 e. The van der Waals surface area contributed by atoms with Gasteiger partial charge in [0.05, 0.1) is 11.5 Å². The molecule has 18 heavy (non-hydrogen) atoms. The second-order valence-electron chi connectivity index (χ2n) is 3.70. The molecule has 1 rings (SSSR count). The van der Waals surface area contributed by atoms with Crippen molar-refractivity contribution in [3.8, 4) is 5.75 Å². The molecule has 0 radical (unpaired) electrons. The van der Waals surface area contributed by atoms with Gasteiger partial charge in [-0.15, -0.1) is 0 Å². The fourth-order valence-corrected chi connectivity index (χ4v) is 2.62. The second kappa shape index (κ2) is 6.22. The molecule has 1 N–H and O–H groups in total. The first-order chi connectivity index (χ1) is 8.36. The largest absolute Gasteiger partial charge is 0.494 e. The van der Waals surface area contributed by atoms with Crippen LogP contribution < -0.4 is 9.46 Å². The van der Waals surface area contributed by atoms with Gasteiger partial charge in [0, 0.05) is 11.6 Å². The SMILES string of the molecule is C=C(Cl)CNS(=O)(=O)c1ccc(OCC)c(C)c1. The van der Waals surface area contributed by atoms with Gasteiger partial charge in [0.2, 0.25) is 10.0 Å². The number of halogens is 1. The molecule has 0 aromatic heterocycles. The summed E-state index contributed by atoms with van der Waals surface area (Å²) in [6.07, 6.45) is 0. The Labute approximate surface area is 113 Å². The van der Waals surface area contributed by atoms with E-state index in [1.807, 2.05) is 6.92 Å². The number of rotatable bonds is 6. The van der Waals surface area contributed by atoms with Crippen LogP contribution in [-0.2, 0) is 10.0 Å². The molecule has 0 unspecified atom stereocenters. The van der Waals surface area contributed by atoms with E-state index in [0.29, 0.717) is 12.4 Å². The minimum Gasteiger partial charge on any atom is -0.494 e. The molecule has 1 aromatic carbocycles. The van der Waals surface area contributed by atoms with Crippen molar-refractivity contribution >= 4 is 21.6 Å². The highest BCUT2D eigenvalue weighted by molar-refractivity contribution is 7.89. The van der Waals surface area contributed by atoms with Gasteiger partial charge < -0.3 is 4.74 Å². The van der Waals surface area contributed by atoms with Crippen LogP contribution in [0.15, 0.2) is 34.7 Å². The van der Waals surface area contributed by atoms with E-state index in [1.54, 1.807) is 19.1 Å². The zero-order valence-electron chi connectivity index (χ0n) is 10.4. The predicted molar refractivity (Wildman–Crippen MR) is 72.5 cm³/mol. The Morgan fingerprint density at radius 3 is 2.67 bits per heavy atom. The molecular formula is C12H16ClNO3S. The summed E-state index contributed by atoms with van der Waals surface area (Å²) in [5.74, 6) is 0.679. The molecule has 0 amide bonds. The monoisotopic (exact) mass is 289 g/mol. The van der Waals surface area contributed by atoms with Crippen molar-refractivity contribution in [3.63, 3.8) is 0 Å². The summed E-state index contributed by atoms with van der Waals surface area (Å²) < 4.78 is 31.5. The average Bonchev–Trinajstić information content (AvgIpc) is 2.29. The number of sulfonamides is 1. The minimum atomic E-state index is -3.56. The van der Waals surface area contributed by atoms with Crippen molar-refractivity contribution in [1.82, 2.24) is 4.72 Å². The maximum atomic E-state index is 11.9. The average molecular weight is 290 g/mol. The van der Waals surface area contributed by atoms with Crippen molar-refractivity contribution < 1.29 is 13.2 Å². The summed E-state index contributed by atoms with van der Waals surface area (Å²) >= 11 is 5.53. The third-order valence-electron chi connectivity index (χ3n) is 2.21. The Morgan fingerprint density at radius 1 is 1.50 bits per heavy atom. The van der Waals surface area contributed by atoms with Crippen LogP contribution in [0.2, 0.25) is 0 Å². The molecule has 0 spiro atoms. The van der Waals surface area contributed by atoms with E-state index < -0.39 is 10.0 Å². The second-order valence-corrected chi connectivity index (χ2v) is 6.00. The maximum absolute atomic E-state index is 11.9. The Morgan fingerprint density at radius 2 is 2.17 bits per heavy atom. The summed E-state index contributed by atoms with van der Waals surface area (Å²) in [5, 5.41) is 0.237. The quantitative estimate of drug-likeness (QED) is 0.875. The van der Waals surface area contributed by atoms with Crippen LogP contribution in [0.5, 0.6) is 5.75 Å². The standard InChI is InChI=1S/C12H16ClNO3S/c1-4-17-12-6-5-11(7-9(12)2)18(15,16)14-8-10(3)13/h5-7,14H,3-4,8H2,1-2H3. The molecule has 0 atom stereocenters. The smallest absolute Gasteiger partial charge is 0.240 e. The summed E-state index contributed by atoms with van der Waals surface area (Å²) in [7, 11) is -3.56. The molecule has 0 aliphatic rings. The van der Waals surface area contributed by atoms with Crippen molar-refractivity contribution in [3.05, 3.63) is 35.4 Å². The van der Waals surface area contributed by atoms with Crippen LogP contribution in [0.3, 0.4) is 0 Å². The van der Waals surface area contributed by atoms with E-state index in [0.717, 1.165) is 5.56 Å². The Bertz CT molecular complexity index is 540. The van der Waals surface area contributed by atoms with E-state index in [-0.39, 0.29) is 16.5 Å². The molecular weight excluding hydrogens is 274 g/mol. The van der Waals surface area contributed by atoms with Gasteiger partial charge in [0.25, 0.3) is 0 Å². The topological polar surface area (TPSA) is 55.4 Å². The van der Waals surface area contributed by atoms with Gasteiger partial charge in [-0.2, -0.15) is 0 Å². The van der Waals surface area contributed by atoms with Crippen LogP contribution in [0, 0.1) is 6.92 Å². The number of hydrogen-bond donors (Lipinski definition) is 1. The van der Waals surface area contributed by atoms with Crippen molar-refractivity contribution in [2.75, 3.05) is 13.2 Å². The van der Waals surface area contributed by atoms with Crippen LogP contribution in [-0.4, -0.2) is 21.6 Å². The Hall–Kier alpha value is -1.04. The third kappa shape index (κ3) is 4.01. The highest BCUT2D eigenvalue weighted by Crippen LogP contribution is 2.21. The normalized spacial score (nSPS) is 11.3. The Kier molecular flexibility index (Phi) is 5.19. The lowest BCUT2D eigenvalue weighted by Gasteiger charge is -2.10. The third-order valence-corrected chi connectivity index (χ3v) is 3.74. The molecule has 4 nitrogen and oxygen atoms in total. The van der Waals surface area contributed by atoms with E-state index in [9.17, 15) is 8.42 Å². The first-order valence-electron chi connectivity index (χ1n) is 5.43. The van der Waals surface area contributed by atoms with Gasteiger partial charge in [0.15, 0.2) is 0 Å². The van der Waals surface area contributed by atoms with Gasteiger partial charge in [-0.05, 0) is 37.6 Å². The number of benzene rings is 1. The predicted octanol–water partition coefficient (Wildman–Crippen LogP) is 2.42. The van der Waals surface area contributed by atoms with Gasteiger partial charge in [-0.1, -0.05) is 18.2 Å². The molecule has 0 aliphatic carbocycles. The number of aryl methyl sites for hydroxylation is 1. The van der Waals surface area contributed by atoms with Crippen molar-refractivity contribution in [1.29, 1.82) is 0 Å². The first-order valence-corrected chi connectivity index (χ1v) is 7.29. The van der Waals surface area contributed by atoms with Crippen LogP contribution >= 0.6 is 11.6 Å². The summed E-state index contributed by atoms with van der Waals surface area (Å²) in [6.45, 7) is 7.64. The number of nitrogens with one attached hydrogen (secondary N) is 1. The van der Waals surface area contributed by atoms with E-state index >= 15 is 0 Å². The number of ether oxygens (including phenoxy) is 1. The lowest BCUT2D eigenvalue weighted by molar-refractivity contribution is 0.337. The molecule has 6 heteroatoms.